The minimum Gasteiger partial charge on any atom is -0.507 e. The number of phenolic OH excluding ortho intramolecular Hbond substituents is 1. The van der Waals surface area contributed by atoms with Gasteiger partial charge in [-0.25, -0.2) is 0 Å². The minimum atomic E-state index is -0.128. The maximum absolute atomic E-state index is 11.2. The number of carbonyl (C=O) groups excluding carboxylic acids is 1. The van der Waals surface area contributed by atoms with E-state index in [1.165, 1.54) is 6.92 Å². The maximum atomic E-state index is 11.2. The zero-order chi connectivity index (χ0) is 12.1. The molecule has 1 N–H and O–H groups in total. The highest BCUT2D eigenvalue weighted by Crippen LogP contribution is 2.23. The number of allylic oxidation sites excluding steroid dienone is 1. The van der Waals surface area contributed by atoms with E-state index in [4.69, 9.17) is 11.6 Å². The third-order valence-corrected chi connectivity index (χ3v) is 2.56. The van der Waals surface area contributed by atoms with Crippen molar-refractivity contribution >= 4 is 23.5 Å². The van der Waals surface area contributed by atoms with Gasteiger partial charge in [0.2, 0.25) is 0 Å². The molecular formula is C13H15ClO2. The van der Waals surface area contributed by atoms with Gasteiger partial charge in [-0.3, -0.25) is 4.79 Å². The second-order valence-electron chi connectivity index (χ2n) is 3.66. The van der Waals surface area contributed by atoms with E-state index in [2.05, 4.69) is 0 Å². The van der Waals surface area contributed by atoms with Gasteiger partial charge in [-0.15, -0.1) is 11.6 Å². The summed E-state index contributed by atoms with van der Waals surface area (Å²) in [6, 6.07) is 3.31. The third-order valence-electron chi connectivity index (χ3n) is 2.34. The van der Waals surface area contributed by atoms with Gasteiger partial charge in [-0.2, -0.15) is 0 Å². The van der Waals surface area contributed by atoms with Gasteiger partial charge >= 0.3 is 0 Å². The molecule has 1 rings (SSSR count). The zero-order valence-electron chi connectivity index (χ0n) is 9.46. The highest BCUT2D eigenvalue weighted by atomic mass is 35.5. The molecule has 16 heavy (non-hydrogen) atoms. The van der Waals surface area contributed by atoms with Crippen molar-refractivity contribution in [3.8, 4) is 5.75 Å². The number of phenols is 1. The summed E-state index contributed by atoms with van der Waals surface area (Å²) in [6.45, 7) is 3.35. The summed E-state index contributed by atoms with van der Waals surface area (Å²) in [5.41, 5.74) is 2.24. The molecule has 0 saturated heterocycles. The van der Waals surface area contributed by atoms with E-state index >= 15 is 0 Å². The van der Waals surface area contributed by atoms with Gasteiger partial charge in [0.15, 0.2) is 5.78 Å². The second kappa shape index (κ2) is 5.71. The fraction of sp³-hybridized carbons (Fsp3) is 0.308. The van der Waals surface area contributed by atoms with Gasteiger partial charge in [-0.1, -0.05) is 12.2 Å². The van der Waals surface area contributed by atoms with Crippen molar-refractivity contribution in [2.45, 2.75) is 20.3 Å². The number of hydrogen-bond acceptors (Lipinski definition) is 2. The average Bonchev–Trinajstić information content (AvgIpc) is 2.22. The first-order chi connectivity index (χ1) is 7.56. The van der Waals surface area contributed by atoms with Crippen LogP contribution in [0.2, 0.25) is 0 Å². The van der Waals surface area contributed by atoms with Crippen LogP contribution in [0.3, 0.4) is 0 Å². The molecule has 0 heterocycles. The number of aryl methyl sites for hydroxylation is 1. The molecule has 3 heteroatoms. The van der Waals surface area contributed by atoms with Gasteiger partial charge in [-0.05, 0) is 43.5 Å². The van der Waals surface area contributed by atoms with E-state index in [9.17, 15) is 9.90 Å². The quantitative estimate of drug-likeness (QED) is 0.644. The summed E-state index contributed by atoms with van der Waals surface area (Å²) in [5, 5.41) is 9.66. The Morgan fingerprint density at radius 1 is 1.50 bits per heavy atom. The van der Waals surface area contributed by atoms with E-state index in [0.717, 1.165) is 17.5 Å². The SMILES string of the molecule is CC(=O)c1cc(C)c(C=CCCCl)cc1O. The third kappa shape index (κ3) is 3.11. The predicted molar refractivity (Wildman–Crippen MR) is 67.2 cm³/mol. The number of rotatable bonds is 4. The predicted octanol–water partition coefficient (Wildman–Crippen LogP) is 3.55. The summed E-state index contributed by atoms with van der Waals surface area (Å²) in [6.07, 6.45) is 4.64. The van der Waals surface area contributed by atoms with Crippen LogP contribution in [0.4, 0.5) is 0 Å². The molecule has 0 spiro atoms. The van der Waals surface area contributed by atoms with Crippen molar-refractivity contribution in [1.82, 2.24) is 0 Å². The molecular weight excluding hydrogens is 224 g/mol. The largest absolute Gasteiger partial charge is 0.507 e. The van der Waals surface area contributed by atoms with Gasteiger partial charge < -0.3 is 5.11 Å². The summed E-state index contributed by atoms with van der Waals surface area (Å²) < 4.78 is 0. The highest BCUT2D eigenvalue weighted by molar-refractivity contribution is 6.17. The van der Waals surface area contributed by atoms with Crippen LogP contribution in [0.1, 0.15) is 34.8 Å². The van der Waals surface area contributed by atoms with E-state index in [1.807, 2.05) is 19.1 Å². The fourth-order valence-corrected chi connectivity index (χ4v) is 1.57. The van der Waals surface area contributed by atoms with Crippen LogP contribution < -0.4 is 0 Å². The number of alkyl halides is 1. The molecule has 0 aliphatic carbocycles. The normalized spacial score (nSPS) is 10.9. The number of ketones is 1. The molecule has 1 aromatic carbocycles. The maximum Gasteiger partial charge on any atom is 0.163 e. The first kappa shape index (κ1) is 12.8. The Bertz CT molecular complexity index is 422. The average molecular weight is 239 g/mol. The first-order valence-electron chi connectivity index (χ1n) is 5.13. The Hall–Kier alpha value is -1.28. The van der Waals surface area contributed by atoms with E-state index in [0.29, 0.717) is 11.4 Å². The van der Waals surface area contributed by atoms with Gasteiger partial charge in [0.1, 0.15) is 5.75 Å². The smallest absolute Gasteiger partial charge is 0.163 e. The standard InChI is InChI=1S/C13H15ClO2/c1-9-7-12(10(2)15)13(16)8-11(9)5-3-4-6-14/h3,5,7-8,16H,4,6H2,1-2H3. The van der Waals surface area contributed by atoms with Crippen LogP contribution in [0.25, 0.3) is 6.08 Å². The van der Waals surface area contributed by atoms with E-state index in [-0.39, 0.29) is 11.5 Å². The molecule has 0 fully saturated rings. The zero-order valence-corrected chi connectivity index (χ0v) is 10.2. The lowest BCUT2D eigenvalue weighted by Crippen LogP contribution is -1.95. The molecule has 2 nitrogen and oxygen atoms in total. The van der Waals surface area contributed by atoms with Crippen molar-refractivity contribution in [2.75, 3.05) is 5.88 Å². The lowest BCUT2D eigenvalue weighted by Gasteiger charge is -2.06. The molecule has 1 aromatic rings. The Kier molecular flexibility index (Phi) is 4.56. The summed E-state index contributed by atoms with van der Waals surface area (Å²) in [5.74, 6) is 0.480. The van der Waals surface area contributed by atoms with Crippen LogP contribution in [0, 0.1) is 6.92 Å². The van der Waals surface area contributed by atoms with Crippen molar-refractivity contribution in [3.05, 3.63) is 34.9 Å². The number of aromatic hydroxyl groups is 1. The molecule has 0 unspecified atom stereocenters. The molecule has 86 valence electrons. The lowest BCUT2D eigenvalue weighted by atomic mass is 10.0. The van der Waals surface area contributed by atoms with E-state index < -0.39 is 0 Å². The fourth-order valence-electron chi connectivity index (χ4n) is 1.45. The van der Waals surface area contributed by atoms with Crippen LogP contribution in [0.5, 0.6) is 5.75 Å². The molecule has 0 amide bonds. The molecule has 0 bridgehead atoms. The van der Waals surface area contributed by atoms with Crippen molar-refractivity contribution in [2.24, 2.45) is 0 Å². The monoisotopic (exact) mass is 238 g/mol. The number of halogens is 1. The highest BCUT2D eigenvalue weighted by Gasteiger charge is 2.08. The van der Waals surface area contributed by atoms with Crippen LogP contribution >= 0.6 is 11.6 Å². The topological polar surface area (TPSA) is 37.3 Å². The lowest BCUT2D eigenvalue weighted by molar-refractivity contribution is 0.101. The number of benzene rings is 1. The molecule has 0 aliphatic rings. The Balaban J connectivity index is 3.05. The first-order valence-corrected chi connectivity index (χ1v) is 5.66. The van der Waals surface area contributed by atoms with Crippen molar-refractivity contribution in [1.29, 1.82) is 0 Å². The van der Waals surface area contributed by atoms with Crippen molar-refractivity contribution < 1.29 is 9.90 Å². The summed E-state index contributed by atoms with van der Waals surface area (Å²) in [7, 11) is 0. The second-order valence-corrected chi connectivity index (χ2v) is 4.04. The van der Waals surface area contributed by atoms with Crippen LogP contribution in [-0.4, -0.2) is 16.8 Å². The Morgan fingerprint density at radius 3 is 2.75 bits per heavy atom. The molecule has 0 saturated carbocycles. The number of Topliss-reactive ketones (excluding diaryl/α,β-unsaturated/α-hetero) is 1. The molecule has 0 atom stereocenters. The van der Waals surface area contributed by atoms with Gasteiger partial charge in [0.25, 0.3) is 0 Å². The van der Waals surface area contributed by atoms with Crippen LogP contribution in [0.15, 0.2) is 18.2 Å². The Morgan fingerprint density at radius 2 is 2.19 bits per heavy atom. The van der Waals surface area contributed by atoms with Crippen molar-refractivity contribution in [3.63, 3.8) is 0 Å². The van der Waals surface area contributed by atoms with Gasteiger partial charge in [0, 0.05) is 5.88 Å². The summed E-state index contributed by atoms with van der Waals surface area (Å²) in [4.78, 5) is 11.2. The van der Waals surface area contributed by atoms with Gasteiger partial charge in [0.05, 0.1) is 5.56 Å². The summed E-state index contributed by atoms with van der Waals surface area (Å²) >= 11 is 5.56. The van der Waals surface area contributed by atoms with Crippen LogP contribution in [-0.2, 0) is 0 Å². The number of hydrogen-bond donors (Lipinski definition) is 1. The molecule has 0 aromatic heterocycles. The molecule has 0 aliphatic heterocycles. The number of carbonyl (C=O) groups is 1. The Labute approximate surface area is 101 Å². The minimum absolute atomic E-state index is 0.0311. The van der Waals surface area contributed by atoms with E-state index in [1.54, 1.807) is 12.1 Å². The molecule has 0 radical (unpaired) electrons.